The number of fused-ring (bicyclic) bond motifs is 4. The number of nitrogens with zero attached hydrogens (tertiary/aromatic N) is 3. The highest BCUT2D eigenvalue weighted by Crippen LogP contribution is 2.45. The number of benzene rings is 2. The highest BCUT2D eigenvalue weighted by molar-refractivity contribution is 7.90. The molecule has 0 aromatic heterocycles. The van der Waals surface area contributed by atoms with Gasteiger partial charge in [0.25, 0.3) is 5.91 Å². The van der Waals surface area contributed by atoms with Gasteiger partial charge in [-0.15, -0.1) is 0 Å². The summed E-state index contributed by atoms with van der Waals surface area (Å²) >= 11 is 6.45. The average molecular weight is 757 g/mol. The predicted octanol–water partition coefficient (Wildman–Crippen LogP) is 5.48. The predicted molar refractivity (Wildman–Crippen MR) is 199 cm³/mol. The van der Waals surface area contributed by atoms with Crippen LogP contribution in [-0.2, 0) is 31.4 Å². The third kappa shape index (κ3) is 6.96. The van der Waals surface area contributed by atoms with Crippen LogP contribution in [0.25, 0.3) is 0 Å². The topological polar surface area (TPSA) is 108 Å². The zero-order valence-corrected chi connectivity index (χ0v) is 32.0. The molecule has 2 bridgehead atoms. The lowest BCUT2D eigenvalue weighted by Gasteiger charge is -2.42. The number of amides is 2. The monoisotopic (exact) mass is 756 g/mol. The fourth-order valence-electron chi connectivity index (χ4n) is 9.11. The van der Waals surface area contributed by atoms with Gasteiger partial charge in [0.05, 0.1) is 23.6 Å². The van der Waals surface area contributed by atoms with Gasteiger partial charge in [-0.2, -0.15) is 0 Å². The van der Waals surface area contributed by atoms with Crippen molar-refractivity contribution in [1.82, 2.24) is 14.5 Å². The summed E-state index contributed by atoms with van der Waals surface area (Å²) < 4.78 is 58.3. The average Bonchev–Trinajstić information content (AvgIpc) is 3.70. The molecule has 1 aliphatic carbocycles. The summed E-state index contributed by atoms with van der Waals surface area (Å²) in [5, 5.41) is -0.325. The molecule has 4 heterocycles. The Morgan fingerprint density at radius 3 is 2.65 bits per heavy atom. The Morgan fingerprint density at radius 1 is 1.08 bits per heavy atom. The number of rotatable bonds is 2. The number of hydrogen-bond acceptors (Lipinski definition) is 8. The summed E-state index contributed by atoms with van der Waals surface area (Å²) in [6.07, 6.45) is 5.60. The molecule has 1 N–H and O–H groups in total. The van der Waals surface area contributed by atoms with E-state index in [1.807, 2.05) is 24.0 Å². The van der Waals surface area contributed by atoms with Gasteiger partial charge in [0.1, 0.15) is 17.6 Å². The molecule has 2 aromatic rings. The number of sulfonamides is 1. The molecule has 2 amide bonds. The second-order valence-corrected chi connectivity index (χ2v) is 18.2. The first-order chi connectivity index (χ1) is 24.8. The van der Waals surface area contributed by atoms with Crippen LogP contribution in [0.3, 0.4) is 0 Å². The van der Waals surface area contributed by atoms with Gasteiger partial charge in [-0.05, 0) is 99.4 Å². The standard InChI is InChI=1S/C39H50ClFN4O6S/c1-24-9-13-32(41)36(38(47)43-19-25(2)35(21-43)50-4)45-16-6-8-30(45)20-44-22-39(15-5-7-27-17-29(40)11-12-31(27)39)23-51-34-14-10-28(18-33(34)44)37(46)42-52(48,49)26(24)3/h10-14,17-18,24-26,30,35-36H,5-9,15-16,19-23H2,1-4H3,(H,42,46)/b32-13-/t24-,25-,26+,30-,35+,36+,39-/m0/s1. The number of carbonyl (C=O) groups is 2. The molecule has 0 saturated carbocycles. The van der Waals surface area contributed by atoms with Crippen molar-refractivity contribution in [3.63, 3.8) is 0 Å². The number of nitrogens with one attached hydrogen (secondary N) is 1. The van der Waals surface area contributed by atoms with Crippen molar-refractivity contribution in [3.05, 3.63) is 70.0 Å². The van der Waals surface area contributed by atoms with Gasteiger partial charge in [-0.3, -0.25) is 14.5 Å². The fraction of sp³-hybridized carbons (Fsp3) is 0.590. The molecule has 5 aliphatic rings. The van der Waals surface area contributed by atoms with Crippen molar-refractivity contribution >= 4 is 39.1 Å². The van der Waals surface area contributed by atoms with Crippen LogP contribution in [0.4, 0.5) is 10.1 Å². The quantitative estimate of drug-likeness (QED) is 0.430. The maximum atomic E-state index is 16.8. The first-order valence-electron chi connectivity index (χ1n) is 18.6. The number of carbonyl (C=O) groups excluding carboxylic acids is 2. The van der Waals surface area contributed by atoms with Crippen LogP contribution >= 0.6 is 11.6 Å². The van der Waals surface area contributed by atoms with Crippen LogP contribution in [0.5, 0.6) is 5.75 Å². The molecule has 10 nitrogen and oxygen atoms in total. The van der Waals surface area contributed by atoms with E-state index >= 15 is 4.39 Å². The van der Waals surface area contributed by atoms with Crippen molar-refractivity contribution in [2.75, 3.05) is 51.3 Å². The van der Waals surface area contributed by atoms with Crippen molar-refractivity contribution in [2.45, 2.75) is 88.1 Å². The molecular weight excluding hydrogens is 707 g/mol. The largest absolute Gasteiger partial charge is 0.490 e. The van der Waals surface area contributed by atoms with Gasteiger partial charge in [0.2, 0.25) is 15.9 Å². The molecule has 7 atom stereocenters. The van der Waals surface area contributed by atoms with Crippen molar-refractivity contribution in [2.24, 2.45) is 11.8 Å². The summed E-state index contributed by atoms with van der Waals surface area (Å²) in [4.78, 5) is 34.0. The Morgan fingerprint density at radius 2 is 1.88 bits per heavy atom. The van der Waals surface area contributed by atoms with Crippen molar-refractivity contribution < 1.29 is 31.9 Å². The summed E-state index contributed by atoms with van der Waals surface area (Å²) in [7, 11) is -2.50. The molecule has 2 fully saturated rings. The van der Waals surface area contributed by atoms with E-state index in [9.17, 15) is 18.0 Å². The second kappa shape index (κ2) is 14.6. The van der Waals surface area contributed by atoms with E-state index in [1.165, 1.54) is 24.1 Å². The zero-order chi connectivity index (χ0) is 36.9. The molecule has 0 radical (unpaired) electrons. The summed E-state index contributed by atoms with van der Waals surface area (Å²) in [6.45, 7) is 8.06. The number of hydrogen-bond donors (Lipinski definition) is 1. The van der Waals surface area contributed by atoms with Crippen LogP contribution in [0.1, 0.15) is 74.4 Å². The number of ether oxygens (including phenoxy) is 2. The minimum absolute atomic E-state index is 0.0791. The third-order valence-corrected chi connectivity index (χ3v) is 14.5. The van der Waals surface area contributed by atoms with E-state index in [-0.39, 0.29) is 36.0 Å². The summed E-state index contributed by atoms with van der Waals surface area (Å²) in [5.74, 6) is -1.45. The van der Waals surface area contributed by atoms with Gasteiger partial charge in [0, 0.05) is 61.2 Å². The van der Waals surface area contributed by atoms with Gasteiger partial charge >= 0.3 is 0 Å². The minimum Gasteiger partial charge on any atom is -0.490 e. The molecule has 7 rings (SSSR count). The first-order valence-corrected chi connectivity index (χ1v) is 20.5. The highest BCUT2D eigenvalue weighted by Gasteiger charge is 2.46. The Labute approximate surface area is 311 Å². The summed E-state index contributed by atoms with van der Waals surface area (Å²) in [5.41, 5.74) is 2.83. The number of anilines is 1. The smallest absolute Gasteiger partial charge is 0.264 e. The summed E-state index contributed by atoms with van der Waals surface area (Å²) in [6, 6.07) is 9.76. The molecule has 1 spiro atoms. The van der Waals surface area contributed by atoms with Crippen LogP contribution in [0.2, 0.25) is 5.02 Å². The normalized spacial score (nSPS) is 33.3. The maximum absolute atomic E-state index is 16.8. The van der Waals surface area contributed by atoms with Gasteiger partial charge in [-0.1, -0.05) is 37.6 Å². The van der Waals surface area contributed by atoms with E-state index in [0.29, 0.717) is 55.8 Å². The van der Waals surface area contributed by atoms with E-state index in [1.54, 1.807) is 37.1 Å². The minimum atomic E-state index is -4.13. The van der Waals surface area contributed by atoms with E-state index in [2.05, 4.69) is 15.7 Å². The molecule has 52 heavy (non-hydrogen) atoms. The number of aryl methyl sites for hydroxylation is 1. The fourth-order valence-corrected chi connectivity index (χ4v) is 10.6. The van der Waals surface area contributed by atoms with E-state index in [4.69, 9.17) is 21.1 Å². The Bertz CT molecular complexity index is 1860. The molecule has 13 heteroatoms. The lowest BCUT2D eigenvalue weighted by molar-refractivity contribution is -0.136. The Kier molecular flexibility index (Phi) is 10.4. The van der Waals surface area contributed by atoms with Crippen molar-refractivity contribution in [1.29, 1.82) is 0 Å². The van der Waals surface area contributed by atoms with Gasteiger partial charge in [-0.25, -0.2) is 17.5 Å². The molecular formula is C39H50ClFN4O6S. The molecule has 282 valence electrons. The SMILES string of the molecule is CO[C@@H]1CN(C(=O)[C@H]2/C(F)=C/C[C@H](C)[C@@H](C)S(=O)(=O)NC(=O)c3ccc4c(c3)N(C[C@@H]3CCCN32)C[C@@]2(CCCc3cc(Cl)ccc32)CO4)C[C@@H]1C. The van der Waals surface area contributed by atoms with E-state index in [0.717, 1.165) is 32.1 Å². The molecule has 4 aliphatic heterocycles. The van der Waals surface area contributed by atoms with E-state index < -0.39 is 44.4 Å². The maximum Gasteiger partial charge on any atom is 0.264 e. The van der Waals surface area contributed by atoms with Gasteiger partial charge < -0.3 is 19.3 Å². The highest BCUT2D eigenvalue weighted by atomic mass is 35.5. The lowest BCUT2D eigenvalue weighted by Crippen LogP contribution is -2.54. The lowest BCUT2D eigenvalue weighted by atomic mass is 9.70. The van der Waals surface area contributed by atoms with Crippen LogP contribution in [0.15, 0.2) is 48.3 Å². The van der Waals surface area contributed by atoms with Crippen LogP contribution in [-0.4, -0.2) is 99.9 Å². The molecule has 2 saturated heterocycles. The first kappa shape index (κ1) is 37.1. The number of allylic oxidation sites excluding steroid dienone is 1. The Balaban J connectivity index is 1.33. The molecule has 2 aromatic carbocycles. The van der Waals surface area contributed by atoms with Crippen LogP contribution in [0, 0.1) is 11.8 Å². The number of halogens is 2. The van der Waals surface area contributed by atoms with Gasteiger partial charge in [0.15, 0.2) is 0 Å². The second-order valence-electron chi connectivity index (χ2n) is 15.7. The third-order valence-electron chi connectivity index (χ3n) is 12.3. The van der Waals surface area contributed by atoms with Crippen LogP contribution < -0.4 is 14.4 Å². The zero-order valence-electron chi connectivity index (χ0n) is 30.4. The number of likely N-dealkylation sites (tertiary alicyclic amines) is 1. The number of methoxy groups -OCH3 is 1. The van der Waals surface area contributed by atoms with Crippen molar-refractivity contribution in [3.8, 4) is 5.75 Å². The molecule has 0 unspecified atom stereocenters. The Hall–Kier alpha value is -3.19.